The van der Waals surface area contributed by atoms with Crippen LogP contribution in [0, 0.1) is 11.6 Å². The van der Waals surface area contributed by atoms with Crippen molar-refractivity contribution in [1.82, 2.24) is 0 Å². The van der Waals surface area contributed by atoms with Crippen LogP contribution in [0.3, 0.4) is 0 Å². The van der Waals surface area contributed by atoms with Crippen LogP contribution in [0.15, 0.2) is 12.1 Å². The number of halogens is 2. The molecule has 0 spiro atoms. The molecule has 0 aliphatic heterocycles. The SMILES string of the molecule is Nc1c(F)cc(F)cc1C1(C(=O)O)CCCCCC1. The van der Waals surface area contributed by atoms with Gasteiger partial charge < -0.3 is 10.8 Å². The van der Waals surface area contributed by atoms with Crippen LogP contribution in [0.4, 0.5) is 14.5 Å². The lowest BCUT2D eigenvalue weighted by atomic mass is 9.73. The average Bonchev–Trinajstić information content (AvgIpc) is 2.60. The summed E-state index contributed by atoms with van der Waals surface area (Å²) in [7, 11) is 0. The summed E-state index contributed by atoms with van der Waals surface area (Å²) in [6.07, 6.45) is 4.07. The second-order valence-corrected chi connectivity index (χ2v) is 5.15. The molecule has 0 atom stereocenters. The Morgan fingerprint density at radius 2 is 1.74 bits per heavy atom. The van der Waals surface area contributed by atoms with E-state index >= 15 is 0 Å². The van der Waals surface area contributed by atoms with Gasteiger partial charge in [0.25, 0.3) is 0 Å². The third-order valence-electron chi connectivity index (χ3n) is 3.98. The zero-order chi connectivity index (χ0) is 14.0. The lowest BCUT2D eigenvalue weighted by molar-refractivity contribution is -0.144. The van der Waals surface area contributed by atoms with Gasteiger partial charge in [0.2, 0.25) is 0 Å². The van der Waals surface area contributed by atoms with Crippen molar-refractivity contribution in [3.63, 3.8) is 0 Å². The van der Waals surface area contributed by atoms with Gasteiger partial charge in [0.15, 0.2) is 0 Å². The molecule has 0 heterocycles. The van der Waals surface area contributed by atoms with Gasteiger partial charge in [-0.25, -0.2) is 8.78 Å². The van der Waals surface area contributed by atoms with Crippen LogP contribution in [0.25, 0.3) is 0 Å². The Labute approximate surface area is 110 Å². The van der Waals surface area contributed by atoms with Crippen LogP contribution < -0.4 is 5.73 Å². The van der Waals surface area contributed by atoms with E-state index in [0.29, 0.717) is 18.9 Å². The molecule has 1 aromatic carbocycles. The summed E-state index contributed by atoms with van der Waals surface area (Å²) in [5.41, 5.74) is 4.23. The summed E-state index contributed by atoms with van der Waals surface area (Å²) in [4.78, 5) is 11.7. The highest BCUT2D eigenvalue weighted by Crippen LogP contribution is 2.42. The van der Waals surface area contributed by atoms with Gasteiger partial charge in [-0.2, -0.15) is 0 Å². The Morgan fingerprint density at radius 1 is 1.16 bits per heavy atom. The van der Waals surface area contributed by atoms with Gasteiger partial charge in [-0.05, 0) is 24.5 Å². The normalized spacial score (nSPS) is 18.8. The van der Waals surface area contributed by atoms with Crippen molar-refractivity contribution in [2.75, 3.05) is 5.73 Å². The number of nitrogens with two attached hydrogens (primary N) is 1. The van der Waals surface area contributed by atoms with Crippen molar-refractivity contribution in [3.05, 3.63) is 29.3 Å². The monoisotopic (exact) mass is 269 g/mol. The van der Waals surface area contributed by atoms with E-state index in [1.165, 1.54) is 0 Å². The number of carboxylic acid groups (broad SMARTS) is 1. The lowest BCUT2D eigenvalue weighted by Crippen LogP contribution is -2.36. The fourth-order valence-corrected chi connectivity index (χ4v) is 2.91. The van der Waals surface area contributed by atoms with Gasteiger partial charge in [0.05, 0.1) is 11.1 Å². The number of aliphatic carboxylic acids is 1. The Morgan fingerprint density at radius 3 is 2.26 bits per heavy atom. The zero-order valence-electron chi connectivity index (χ0n) is 10.6. The van der Waals surface area contributed by atoms with E-state index in [2.05, 4.69) is 0 Å². The number of hydrogen-bond donors (Lipinski definition) is 2. The summed E-state index contributed by atoms with van der Waals surface area (Å²) in [5.74, 6) is -2.72. The van der Waals surface area contributed by atoms with Crippen LogP contribution >= 0.6 is 0 Å². The van der Waals surface area contributed by atoms with Gasteiger partial charge in [-0.1, -0.05) is 25.7 Å². The highest BCUT2D eigenvalue weighted by molar-refractivity contribution is 5.83. The molecule has 1 fully saturated rings. The first-order valence-corrected chi connectivity index (χ1v) is 6.46. The molecule has 2 rings (SSSR count). The summed E-state index contributed by atoms with van der Waals surface area (Å²) in [5, 5.41) is 9.57. The molecule has 0 radical (unpaired) electrons. The standard InChI is InChI=1S/C14H17F2NO2/c15-9-7-10(12(17)11(16)8-9)14(13(18)19)5-3-1-2-4-6-14/h7-8H,1-6,17H2,(H,18,19). The van der Waals surface area contributed by atoms with Crippen LogP contribution in [0.5, 0.6) is 0 Å². The number of benzene rings is 1. The summed E-state index contributed by atoms with van der Waals surface area (Å²) >= 11 is 0. The van der Waals surface area contributed by atoms with Gasteiger partial charge in [0.1, 0.15) is 11.6 Å². The molecule has 0 unspecified atom stereocenters. The van der Waals surface area contributed by atoms with E-state index in [0.717, 1.165) is 31.7 Å². The maximum Gasteiger partial charge on any atom is 0.314 e. The topological polar surface area (TPSA) is 63.3 Å². The van der Waals surface area contributed by atoms with Crippen molar-refractivity contribution in [2.45, 2.75) is 43.9 Å². The van der Waals surface area contributed by atoms with Crippen molar-refractivity contribution in [3.8, 4) is 0 Å². The lowest BCUT2D eigenvalue weighted by Gasteiger charge is -2.30. The fourth-order valence-electron chi connectivity index (χ4n) is 2.91. The number of nitrogen functional groups attached to an aromatic ring is 1. The molecular weight excluding hydrogens is 252 g/mol. The third-order valence-corrected chi connectivity index (χ3v) is 3.98. The molecule has 0 aromatic heterocycles. The van der Waals surface area contributed by atoms with E-state index in [-0.39, 0.29) is 11.3 Å². The highest BCUT2D eigenvalue weighted by Gasteiger charge is 2.42. The molecular formula is C14H17F2NO2. The Bertz CT molecular complexity index is 494. The van der Waals surface area contributed by atoms with Crippen LogP contribution in [-0.2, 0) is 10.2 Å². The molecule has 5 heteroatoms. The van der Waals surface area contributed by atoms with Crippen LogP contribution in [-0.4, -0.2) is 11.1 Å². The Kier molecular flexibility index (Phi) is 3.73. The van der Waals surface area contributed by atoms with Gasteiger partial charge in [-0.3, -0.25) is 4.79 Å². The summed E-state index contributed by atoms with van der Waals surface area (Å²) < 4.78 is 27.0. The first-order valence-electron chi connectivity index (χ1n) is 6.46. The number of carbonyl (C=O) groups is 1. The second-order valence-electron chi connectivity index (χ2n) is 5.15. The van der Waals surface area contributed by atoms with Crippen LogP contribution in [0.1, 0.15) is 44.1 Å². The molecule has 0 bridgehead atoms. The number of carboxylic acids is 1. The largest absolute Gasteiger partial charge is 0.481 e. The average molecular weight is 269 g/mol. The highest BCUT2D eigenvalue weighted by atomic mass is 19.1. The van der Waals surface area contributed by atoms with Crippen molar-refractivity contribution in [2.24, 2.45) is 0 Å². The van der Waals surface area contributed by atoms with Gasteiger partial charge >= 0.3 is 5.97 Å². The molecule has 0 saturated heterocycles. The van der Waals surface area contributed by atoms with Gasteiger partial charge in [-0.15, -0.1) is 0 Å². The van der Waals surface area contributed by atoms with E-state index in [1.807, 2.05) is 0 Å². The third kappa shape index (κ3) is 2.41. The first kappa shape index (κ1) is 13.8. The zero-order valence-corrected chi connectivity index (χ0v) is 10.6. The molecule has 1 aliphatic rings. The molecule has 104 valence electrons. The maximum absolute atomic E-state index is 13.6. The molecule has 1 aromatic rings. The fraction of sp³-hybridized carbons (Fsp3) is 0.500. The van der Waals surface area contributed by atoms with Crippen molar-refractivity contribution < 1.29 is 18.7 Å². The maximum atomic E-state index is 13.6. The van der Waals surface area contributed by atoms with E-state index in [4.69, 9.17) is 5.73 Å². The van der Waals surface area contributed by atoms with E-state index < -0.39 is 23.0 Å². The van der Waals surface area contributed by atoms with E-state index in [1.54, 1.807) is 0 Å². The summed E-state index contributed by atoms with van der Waals surface area (Å²) in [6.45, 7) is 0. The van der Waals surface area contributed by atoms with E-state index in [9.17, 15) is 18.7 Å². The van der Waals surface area contributed by atoms with Gasteiger partial charge in [0, 0.05) is 6.07 Å². The molecule has 1 saturated carbocycles. The number of rotatable bonds is 2. The molecule has 19 heavy (non-hydrogen) atoms. The number of hydrogen-bond acceptors (Lipinski definition) is 2. The first-order chi connectivity index (χ1) is 8.97. The Balaban J connectivity index is 2.58. The minimum absolute atomic E-state index is 0.0828. The summed E-state index contributed by atoms with van der Waals surface area (Å²) in [6, 6.07) is 1.75. The molecule has 1 aliphatic carbocycles. The minimum atomic E-state index is -1.26. The molecule has 3 nitrogen and oxygen atoms in total. The molecule has 0 amide bonds. The minimum Gasteiger partial charge on any atom is -0.481 e. The predicted octanol–water partition coefficient (Wildman–Crippen LogP) is 3.22. The molecule has 3 N–H and O–H groups in total. The van der Waals surface area contributed by atoms with Crippen molar-refractivity contribution >= 4 is 11.7 Å². The Hall–Kier alpha value is -1.65. The smallest absolute Gasteiger partial charge is 0.314 e. The second kappa shape index (κ2) is 5.15. The van der Waals surface area contributed by atoms with Crippen molar-refractivity contribution in [1.29, 1.82) is 0 Å². The predicted molar refractivity (Wildman–Crippen MR) is 67.8 cm³/mol. The quantitative estimate of drug-likeness (QED) is 0.640. The number of anilines is 1. The van der Waals surface area contributed by atoms with Crippen LogP contribution in [0.2, 0.25) is 0 Å².